The molecule has 0 saturated carbocycles. The van der Waals surface area contributed by atoms with Crippen LogP contribution >= 0.6 is 23.2 Å². The molecule has 0 aliphatic rings. The van der Waals surface area contributed by atoms with Crippen molar-refractivity contribution in [2.24, 2.45) is 0 Å². The van der Waals surface area contributed by atoms with Gasteiger partial charge in [-0.2, -0.15) is 0 Å². The molecule has 40 heavy (non-hydrogen) atoms. The van der Waals surface area contributed by atoms with E-state index in [1.165, 1.54) is 24.1 Å². The third-order valence-electron chi connectivity index (χ3n) is 6.24. The molecule has 214 valence electrons. The Morgan fingerprint density at radius 1 is 0.975 bits per heavy atom. The Morgan fingerprint density at radius 2 is 1.70 bits per heavy atom. The molecule has 0 bridgehead atoms. The molecular formula is C29H33Cl2N3O5S. The molecular weight excluding hydrogens is 573 g/mol. The van der Waals surface area contributed by atoms with Crippen LogP contribution in [0.3, 0.4) is 0 Å². The predicted molar refractivity (Wildman–Crippen MR) is 158 cm³/mol. The fourth-order valence-corrected chi connectivity index (χ4v) is 6.03. The van der Waals surface area contributed by atoms with E-state index in [-0.39, 0.29) is 23.0 Å². The number of halogens is 2. The normalized spacial score (nSPS) is 11.9. The number of anilines is 1. The number of amides is 2. The molecule has 0 aliphatic heterocycles. The van der Waals surface area contributed by atoms with Crippen molar-refractivity contribution in [3.63, 3.8) is 0 Å². The topological polar surface area (TPSA) is 96.0 Å². The second kappa shape index (κ2) is 14.4. The number of benzene rings is 3. The van der Waals surface area contributed by atoms with Crippen molar-refractivity contribution in [1.82, 2.24) is 10.2 Å². The lowest BCUT2D eigenvalue weighted by atomic mass is 10.1. The third kappa shape index (κ3) is 7.68. The molecule has 8 nitrogen and oxygen atoms in total. The smallest absolute Gasteiger partial charge is 0.264 e. The van der Waals surface area contributed by atoms with Crippen molar-refractivity contribution >= 4 is 50.7 Å². The summed E-state index contributed by atoms with van der Waals surface area (Å²) in [7, 11) is -2.70. The van der Waals surface area contributed by atoms with Gasteiger partial charge in [-0.1, -0.05) is 67.4 Å². The maximum absolute atomic E-state index is 14.1. The molecule has 1 N–H and O–H groups in total. The molecule has 0 heterocycles. The summed E-state index contributed by atoms with van der Waals surface area (Å²) >= 11 is 12.5. The first-order valence-corrected chi connectivity index (χ1v) is 15.0. The highest BCUT2D eigenvalue weighted by molar-refractivity contribution is 7.92. The number of ether oxygens (including phenoxy) is 1. The van der Waals surface area contributed by atoms with E-state index in [1.54, 1.807) is 67.6 Å². The molecule has 11 heteroatoms. The first kappa shape index (κ1) is 31.3. The average molecular weight is 607 g/mol. The predicted octanol–water partition coefficient (Wildman–Crippen LogP) is 5.53. The van der Waals surface area contributed by atoms with Gasteiger partial charge in [0.1, 0.15) is 18.3 Å². The summed E-state index contributed by atoms with van der Waals surface area (Å²) in [6.07, 6.45) is 1.02. The zero-order valence-electron chi connectivity index (χ0n) is 22.6. The van der Waals surface area contributed by atoms with Crippen LogP contribution in [-0.2, 0) is 26.2 Å². The standard InChI is InChI=1S/C29H33Cl2N3O5S/c1-4-16-32-29(36)27(5-2)33(19-21-14-15-22(30)17-26(21)31)28(35)20-34(23-10-9-11-24(18-23)39-3)40(37,38)25-12-7-6-8-13-25/h6-15,17-18,27H,4-5,16,19-20H2,1-3H3,(H,32,36)/t27-/m1/s1. The monoisotopic (exact) mass is 605 g/mol. The number of nitrogens with one attached hydrogen (secondary N) is 1. The number of sulfonamides is 1. The van der Waals surface area contributed by atoms with E-state index >= 15 is 0 Å². The van der Waals surface area contributed by atoms with Gasteiger partial charge in [0, 0.05) is 29.2 Å². The highest BCUT2D eigenvalue weighted by Gasteiger charge is 2.34. The minimum Gasteiger partial charge on any atom is -0.497 e. The van der Waals surface area contributed by atoms with Gasteiger partial charge < -0.3 is 15.0 Å². The molecule has 0 radical (unpaired) electrons. The zero-order valence-corrected chi connectivity index (χ0v) is 25.0. The molecule has 0 aliphatic carbocycles. The summed E-state index contributed by atoms with van der Waals surface area (Å²) in [4.78, 5) is 28.6. The molecule has 3 aromatic rings. The van der Waals surface area contributed by atoms with E-state index < -0.39 is 28.5 Å². The van der Waals surface area contributed by atoms with E-state index in [9.17, 15) is 18.0 Å². The second-order valence-corrected chi connectivity index (χ2v) is 11.7. The van der Waals surface area contributed by atoms with Gasteiger partial charge in [0.15, 0.2) is 0 Å². The summed E-state index contributed by atoms with van der Waals surface area (Å²) in [5.41, 5.74) is 0.810. The molecule has 3 aromatic carbocycles. The van der Waals surface area contributed by atoms with E-state index in [4.69, 9.17) is 27.9 Å². The van der Waals surface area contributed by atoms with Crippen LogP contribution in [-0.4, -0.2) is 51.4 Å². The zero-order chi connectivity index (χ0) is 29.3. The number of carbonyl (C=O) groups excluding carboxylic acids is 2. The summed E-state index contributed by atoms with van der Waals surface area (Å²) in [6, 6.07) is 18.3. The SMILES string of the molecule is CCCNC(=O)[C@@H](CC)N(Cc1ccc(Cl)cc1Cl)C(=O)CN(c1cccc(OC)c1)S(=O)(=O)c1ccccc1. The quantitative estimate of drug-likeness (QED) is 0.276. The van der Waals surface area contributed by atoms with Crippen LogP contribution < -0.4 is 14.4 Å². The van der Waals surface area contributed by atoms with Gasteiger partial charge in [-0.25, -0.2) is 8.42 Å². The van der Waals surface area contributed by atoms with Gasteiger partial charge in [-0.3, -0.25) is 13.9 Å². The molecule has 0 spiro atoms. The fourth-order valence-electron chi connectivity index (χ4n) is 4.13. The Balaban J connectivity index is 2.08. The summed E-state index contributed by atoms with van der Waals surface area (Å²) < 4.78 is 34.0. The van der Waals surface area contributed by atoms with Crippen molar-refractivity contribution in [2.75, 3.05) is 24.5 Å². The number of nitrogens with zero attached hydrogens (tertiary/aromatic N) is 2. The van der Waals surface area contributed by atoms with Crippen LogP contribution in [0.2, 0.25) is 10.0 Å². The van der Waals surface area contributed by atoms with Gasteiger partial charge in [0.2, 0.25) is 11.8 Å². The lowest BCUT2D eigenvalue weighted by molar-refractivity contribution is -0.140. The lowest BCUT2D eigenvalue weighted by Crippen LogP contribution is -2.52. The largest absolute Gasteiger partial charge is 0.497 e. The molecule has 1 atom stereocenters. The van der Waals surface area contributed by atoms with E-state index in [0.717, 1.165) is 10.7 Å². The fraction of sp³-hybridized carbons (Fsp3) is 0.310. The first-order chi connectivity index (χ1) is 19.1. The number of methoxy groups -OCH3 is 1. The molecule has 2 amide bonds. The van der Waals surface area contributed by atoms with Crippen molar-refractivity contribution in [2.45, 2.75) is 44.2 Å². The van der Waals surface area contributed by atoms with Crippen molar-refractivity contribution < 1.29 is 22.7 Å². The molecule has 0 fully saturated rings. The Kier molecular flexibility index (Phi) is 11.2. The van der Waals surface area contributed by atoms with E-state index in [0.29, 0.717) is 34.3 Å². The summed E-state index contributed by atoms with van der Waals surface area (Å²) in [5.74, 6) is -0.484. The van der Waals surface area contributed by atoms with Gasteiger partial charge in [0.05, 0.1) is 17.7 Å². The number of hydrogen-bond acceptors (Lipinski definition) is 5. The van der Waals surface area contributed by atoms with Gasteiger partial charge >= 0.3 is 0 Å². The van der Waals surface area contributed by atoms with E-state index in [1.807, 2.05) is 6.92 Å². The Hall–Kier alpha value is -3.27. The van der Waals surface area contributed by atoms with Crippen LogP contribution in [0.1, 0.15) is 32.3 Å². The maximum atomic E-state index is 14.1. The van der Waals surface area contributed by atoms with Crippen LogP contribution in [0.25, 0.3) is 0 Å². The van der Waals surface area contributed by atoms with Gasteiger partial charge in [-0.05, 0) is 54.8 Å². The second-order valence-electron chi connectivity index (χ2n) is 9.00. The van der Waals surface area contributed by atoms with Crippen molar-refractivity contribution in [3.8, 4) is 5.75 Å². The molecule has 0 saturated heterocycles. The summed E-state index contributed by atoms with van der Waals surface area (Å²) in [6.45, 7) is 3.58. The number of rotatable bonds is 13. The highest BCUT2D eigenvalue weighted by atomic mass is 35.5. The summed E-state index contributed by atoms with van der Waals surface area (Å²) in [5, 5.41) is 3.61. The Labute approximate surface area is 245 Å². The number of carbonyl (C=O) groups is 2. The highest BCUT2D eigenvalue weighted by Crippen LogP contribution is 2.28. The van der Waals surface area contributed by atoms with Crippen molar-refractivity contribution in [3.05, 3.63) is 88.4 Å². The van der Waals surface area contributed by atoms with Crippen LogP contribution in [0.15, 0.2) is 77.7 Å². The van der Waals surface area contributed by atoms with Gasteiger partial charge in [-0.15, -0.1) is 0 Å². The average Bonchev–Trinajstić information content (AvgIpc) is 2.96. The minimum absolute atomic E-state index is 0.0191. The van der Waals surface area contributed by atoms with Crippen LogP contribution in [0.4, 0.5) is 5.69 Å². The minimum atomic E-state index is -4.17. The molecule has 0 unspecified atom stereocenters. The molecule has 3 rings (SSSR count). The number of hydrogen-bond donors (Lipinski definition) is 1. The Morgan fingerprint density at radius 3 is 2.33 bits per heavy atom. The van der Waals surface area contributed by atoms with Crippen molar-refractivity contribution in [1.29, 1.82) is 0 Å². The molecule has 0 aromatic heterocycles. The van der Waals surface area contributed by atoms with Crippen LogP contribution in [0, 0.1) is 0 Å². The maximum Gasteiger partial charge on any atom is 0.264 e. The van der Waals surface area contributed by atoms with Crippen LogP contribution in [0.5, 0.6) is 5.75 Å². The Bertz CT molecular complexity index is 1420. The van der Waals surface area contributed by atoms with Gasteiger partial charge in [0.25, 0.3) is 10.0 Å². The van der Waals surface area contributed by atoms with E-state index in [2.05, 4.69) is 5.32 Å². The third-order valence-corrected chi connectivity index (χ3v) is 8.62. The first-order valence-electron chi connectivity index (χ1n) is 12.8. The lowest BCUT2D eigenvalue weighted by Gasteiger charge is -2.33.